The average Bonchev–Trinajstić information content (AvgIpc) is 2.82. The minimum absolute atomic E-state index is 0.00671. The summed E-state index contributed by atoms with van der Waals surface area (Å²) < 4.78 is 33.0. The van der Waals surface area contributed by atoms with Crippen LogP contribution >= 0.6 is 0 Å². The minimum atomic E-state index is -1.46. The fraction of sp³-hybridized carbons (Fsp3) is 0.467. The normalized spacial score (nSPS) is 17.8. The molecule has 9 heteroatoms. The molecular weight excluding hydrogens is 325 g/mol. The van der Waals surface area contributed by atoms with Gasteiger partial charge in [0.15, 0.2) is 13.1 Å². The number of benzene rings is 1. The summed E-state index contributed by atoms with van der Waals surface area (Å²) in [6.45, 7) is -0.231. The van der Waals surface area contributed by atoms with E-state index >= 15 is 0 Å². The second kappa shape index (κ2) is 7.77. The van der Waals surface area contributed by atoms with E-state index in [0.29, 0.717) is 0 Å². The summed E-state index contributed by atoms with van der Waals surface area (Å²) in [5.41, 5.74) is 0.273. The molecule has 0 bridgehead atoms. The summed E-state index contributed by atoms with van der Waals surface area (Å²) in [6, 6.07) is 2.82. The second-order valence-electron chi connectivity index (χ2n) is 5.00. The summed E-state index contributed by atoms with van der Waals surface area (Å²) in [4.78, 5) is 25.4. The quantitative estimate of drug-likeness (QED) is 0.546. The van der Waals surface area contributed by atoms with Gasteiger partial charge in [-0.25, -0.2) is 4.39 Å². The van der Waals surface area contributed by atoms with Crippen LogP contribution in [0.2, 0.25) is 0 Å². The molecule has 0 saturated carbocycles. The lowest BCUT2D eigenvalue weighted by Gasteiger charge is -2.30. The molecule has 0 saturated heterocycles. The van der Waals surface area contributed by atoms with Crippen molar-refractivity contribution in [1.82, 2.24) is 0 Å². The molecular formula is C15H18FNO7. The molecule has 0 spiro atoms. The van der Waals surface area contributed by atoms with Gasteiger partial charge in [-0.15, -0.1) is 0 Å². The Labute approximate surface area is 137 Å². The molecule has 3 unspecified atom stereocenters. The lowest BCUT2D eigenvalue weighted by molar-refractivity contribution is -0.303. The van der Waals surface area contributed by atoms with Gasteiger partial charge < -0.3 is 24.1 Å². The fourth-order valence-corrected chi connectivity index (χ4v) is 2.40. The Balaban J connectivity index is 2.14. The van der Waals surface area contributed by atoms with Gasteiger partial charge in [0, 0.05) is 14.2 Å². The Morgan fingerprint density at radius 1 is 1.21 bits per heavy atom. The van der Waals surface area contributed by atoms with Crippen molar-refractivity contribution in [1.29, 1.82) is 0 Å². The molecule has 24 heavy (non-hydrogen) atoms. The molecule has 1 heterocycles. The van der Waals surface area contributed by atoms with Crippen molar-refractivity contribution in [3.63, 3.8) is 0 Å². The van der Waals surface area contributed by atoms with Crippen LogP contribution in [0, 0.1) is 5.82 Å². The molecule has 132 valence electrons. The lowest BCUT2D eigenvalue weighted by Crippen LogP contribution is -2.47. The number of hydrogen-bond donors (Lipinski definition) is 1. The van der Waals surface area contributed by atoms with Gasteiger partial charge in [-0.2, -0.15) is 0 Å². The minimum Gasteiger partial charge on any atom is -0.354 e. The van der Waals surface area contributed by atoms with E-state index in [2.05, 4.69) is 4.74 Å². The first-order chi connectivity index (χ1) is 11.4. The van der Waals surface area contributed by atoms with E-state index in [9.17, 15) is 14.0 Å². The average molecular weight is 343 g/mol. The maximum Gasteiger partial charge on any atom is 0.299 e. The van der Waals surface area contributed by atoms with Crippen LogP contribution in [-0.2, 0) is 23.7 Å². The number of fused-ring (bicyclic) bond motifs is 1. The molecule has 1 N–H and O–H groups in total. The third kappa shape index (κ3) is 3.60. The van der Waals surface area contributed by atoms with Crippen molar-refractivity contribution < 1.29 is 38.0 Å². The van der Waals surface area contributed by atoms with Crippen molar-refractivity contribution in [2.75, 3.05) is 25.9 Å². The second-order valence-corrected chi connectivity index (χ2v) is 5.00. The highest BCUT2D eigenvalue weighted by molar-refractivity contribution is 6.52. The van der Waals surface area contributed by atoms with Gasteiger partial charge in [0.25, 0.3) is 18.2 Å². The van der Waals surface area contributed by atoms with Gasteiger partial charge in [0.1, 0.15) is 5.82 Å². The van der Waals surface area contributed by atoms with Gasteiger partial charge in [0.05, 0.1) is 17.3 Å². The largest absolute Gasteiger partial charge is 0.354 e. The molecule has 0 aromatic heterocycles. The van der Waals surface area contributed by atoms with Crippen LogP contribution in [0.25, 0.3) is 0 Å². The van der Waals surface area contributed by atoms with E-state index in [-0.39, 0.29) is 18.0 Å². The number of amides is 1. The summed E-state index contributed by atoms with van der Waals surface area (Å²) in [6.07, 6.45) is -0.957. The number of hydrogen-bond acceptors (Lipinski definition) is 7. The van der Waals surface area contributed by atoms with Gasteiger partial charge in [-0.1, -0.05) is 0 Å². The van der Waals surface area contributed by atoms with Crippen molar-refractivity contribution in [3.05, 3.63) is 29.6 Å². The van der Waals surface area contributed by atoms with Crippen LogP contribution in [0.3, 0.4) is 0 Å². The van der Waals surface area contributed by atoms with Crippen LogP contribution < -0.4 is 4.90 Å². The number of halogens is 1. The van der Waals surface area contributed by atoms with Gasteiger partial charge in [0.2, 0.25) is 0 Å². The summed E-state index contributed by atoms with van der Waals surface area (Å²) >= 11 is 0. The van der Waals surface area contributed by atoms with E-state index in [0.717, 1.165) is 12.1 Å². The summed E-state index contributed by atoms with van der Waals surface area (Å²) in [7, 11) is 2.59. The summed E-state index contributed by atoms with van der Waals surface area (Å²) in [5, 5.41) is 9.12. The highest BCUT2D eigenvalue weighted by Crippen LogP contribution is 2.32. The Kier molecular flexibility index (Phi) is 5.97. The standard InChI is InChI=1S/C15H18FNO7/c1-8(14(21-2)23-7-24-15(20)22-3)17-11-5-4-9(16)6-10(11)12(18)13(17)19/h4-6,8,14-15,20H,7H2,1-3H3. The molecule has 1 aromatic carbocycles. The van der Waals surface area contributed by atoms with Gasteiger partial charge in [-0.05, 0) is 25.1 Å². The number of methoxy groups -OCH3 is 2. The Hall–Kier alpha value is -1.91. The van der Waals surface area contributed by atoms with Crippen molar-refractivity contribution in [2.24, 2.45) is 0 Å². The number of Topliss-reactive ketones (excluding diaryl/α,β-unsaturated/α-hetero) is 1. The molecule has 1 aromatic rings. The first kappa shape index (κ1) is 18.4. The number of ether oxygens (including phenoxy) is 4. The highest BCUT2D eigenvalue weighted by Gasteiger charge is 2.41. The first-order valence-electron chi connectivity index (χ1n) is 7.05. The third-order valence-corrected chi connectivity index (χ3v) is 3.55. The van der Waals surface area contributed by atoms with Crippen molar-refractivity contribution >= 4 is 17.4 Å². The number of carbonyl (C=O) groups is 2. The predicted molar refractivity (Wildman–Crippen MR) is 78.5 cm³/mol. The van der Waals surface area contributed by atoms with E-state index in [1.54, 1.807) is 6.92 Å². The smallest absolute Gasteiger partial charge is 0.299 e. The molecule has 3 atom stereocenters. The number of anilines is 1. The highest BCUT2D eigenvalue weighted by atomic mass is 19.1. The molecule has 0 radical (unpaired) electrons. The van der Waals surface area contributed by atoms with Crippen LogP contribution in [0.4, 0.5) is 10.1 Å². The molecule has 1 amide bonds. The third-order valence-electron chi connectivity index (χ3n) is 3.55. The van der Waals surface area contributed by atoms with Crippen molar-refractivity contribution in [2.45, 2.75) is 25.7 Å². The van der Waals surface area contributed by atoms with Crippen LogP contribution in [0.5, 0.6) is 0 Å². The van der Waals surface area contributed by atoms with E-state index in [1.165, 1.54) is 25.2 Å². The van der Waals surface area contributed by atoms with Gasteiger partial charge >= 0.3 is 0 Å². The number of carbonyl (C=O) groups excluding carboxylic acids is 2. The topological polar surface area (TPSA) is 94.5 Å². The Morgan fingerprint density at radius 2 is 1.92 bits per heavy atom. The van der Waals surface area contributed by atoms with Crippen LogP contribution in [0.15, 0.2) is 18.2 Å². The monoisotopic (exact) mass is 343 g/mol. The number of nitrogens with zero attached hydrogens (tertiary/aromatic N) is 1. The maximum absolute atomic E-state index is 13.3. The number of ketones is 1. The molecule has 0 aliphatic carbocycles. The van der Waals surface area contributed by atoms with E-state index < -0.39 is 36.3 Å². The molecule has 2 rings (SSSR count). The Bertz CT molecular complexity index is 624. The number of aliphatic hydroxyl groups is 1. The molecule has 1 aliphatic heterocycles. The van der Waals surface area contributed by atoms with Crippen molar-refractivity contribution in [3.8, 4) is 0 Å². The van der Waals surface area contributed by atoms with E-state index in [4.69, 9.17) is 19.3 Å². The first-order valence-corrected chi connectivity index (χ1v) is 7.05. The van der Waals surface area contributed by atoms with Crippen LogP contribution in [0.1, 0.15) is 17.3 Å². The molecule has 8 nitrogen and oxygen atoms in total. The molecule has 1 aliphatic rings. The number of rotatable bonds is 8. The summed E-state index contributed by atoms with van der Waals surface area (Å²) in [5.74, 6) is -2.20. The van der Waals surface area contributed by atoms with Crippen LogP contribution in [-0.4, -0.2) is 56.6 Å². The SMILES string of the molecule is COC(O)OCOC(OC)C(C)N1C(=O)C(=O)c2cc(F)ccc21. The maximum atomic E-state index is 13.3. The predicted octanol–water partition coefficient (Wildman–Crippen LogP) is 0.629. The molecule has 0 fully saturated rings. The zero-order chi connectivity index (χ0) is 17.9. The Morgan fingerprint density at radius 3 is 2.54 bits per heavy atom. The zero-order valence-corrected chi connectivity index (χ0v) is 13.4. The zero-order valence-electron chi connectivity index (χ0n) is 13.4. The number of aliphatic hydroxyl groups excluding tert-OH is 1. The fourth-order valence-electron chi connectivity index (χ4n) is 2.40. The van der Waals surface area contributed by atoms with Gasteiger partial charge in [-0.3, -0.25) is 14.5 Å². The van der Waals surface area contributed by atoms with E-state index in [1.807, 2.05) is 0 Å². The lowest BCUT2D eigenvalue weighted by atomic mass is 10.1.